The maximum Gasteiger partial charge on any atom is 0.122 e. The first-order valence-corrected chi connectivity index (χ1v) is 8.34. The van der Waals surface area contributed by atoms with Crippen molar-refractivity contribution < 1.29 is 4.42 Å². The largest absolute Gasteiger partial charge is 0.467 e. The van der Waals surface area contributed by atoms with Crippen molar-refractivity contribution >= 4 is 43.2 Å². The molecule has 21 heavy (non-hydrogen) atoms. The minimum atomic E-state index is 0.133. The molecule has 0 bridgehead atoms. The fraction of sp³-hybridized carbons (Fsp3) is 0.267. The first-order valence-electron chi connectivity index (χ1n) is 6.73. The van der Waals surface area contributed by atoms with Gasteiger partial charge in [0.2, 0.25) is 0 Å². The van der Waals surface area contributed by atoms with Crippen LogP contribution in [0.3, 0.4) is 0 Å². The molecule has 0 fully saturated rings. The van der Waals surface area contributed by atoms with Gasteiger partial charge in [0.25, 0.3) is 0 Å². The Morgan fingerprint density at radius 2 is 2.33 bits per heavy atom. The van der Waals surface area contributed by atoms with Crippen LogP contribution in [0.25, 0.3) is 10.2 Å². The van der Waals surface area contributed by atoms with E-state index in [4.69, 9.17) is 10.2 Å². The standard InChI is InChI=1S/C15H16BrN3OS/c1-9(17)7-12-13(16)14-15(21-12)11(4-5-18-14)19-8-10-3-2-6-20-10/h2-6,9H,7-8,17H2,1H3,(H,18,19)/t9-/m0/s1. The van der Waals surface area contributed by atoms with Crippen molar-refractivity contribution in [1.29, 1.82) is 0 Å². The highest BCUT2D eigenvalue weighted by atomic mass is 79.9. The van der Waals surface area contributed by atoms with Gasteiger partial charge in [-0.1, -0.05) is 0 Å². The van der Waals surface area contributed by atoms with Crippen molar-refractivity contribution in [2.75, 3.05) is 5.32 Å². The van der Waals surface area contributed by atoms with Crippen LogP contribution >= 0.6 is 27.3 Å². The fourth-order valence-corrected chi connectivity index (χ4v) is 4.28. The number of pyridine rings is 1. The van der Waals surface area contributed by atoms with Gasteiger partial charge in [-0.15, -0.1) is 11.3 Å². The summed E-state index contributed by atoms with van der Waals surface area (Å²) in [7, 11) is 0. The first-order chi connectivity index (χ1) is 10.1. The molecule has 0 radical (unpaired) electrons. The minimum absolute atomic E-state index is 0.133. The summed E-state index contributed by atoms with van der Waals surface area (Å²) in [5.74, 6) is 0.909. The molecular formula is C15H16BrN3OS. The molecule has 3 rings (SSSR count). The average molecular weight is 366 g/mol. The maximum atomic E-state index is 5.91. The SMILES string of the molecule is C[C@H](N)Cc1sc2c(NCc3ccco3)ccnc2c1Br. The molecule has 1 atom stereocenters. The molecule has 0 saturated heterocycles. The second-order valence-corrected chi connectivity index (χ2v) is 6.89. The number of rotatable bonds is 5. The topological polar surface area (TPSA) is 64.1 Å². The minimum Gasteiger partial charge on any atom is -0.467 e. The van der Waals surface area contributed by atoms with E-state index in [0.29, 0.717) is 6.54 Å². The van der Waals surface area contributed by atoms with Crippen LogP contribution in [0.5, 0.6) is 0 Å². The van der Waals surface area contributed by atoms with Crippen molar-refractivity contribution in [1.82, 2.24) is 4.98 Å². The van der Waals surface area contributed by atoms with E-state index >= 15 is 0 Å². The van der Waals surface area contributed by atoms with Gasteiger partial charge in [0.15, 0.2) is 0 Å². The van der Waals surface area contributed by atoms with E-state index in [9.17, 15) is 0 Å². The van der Waals surface area contributed by atoms with Gasteiger partial charge < -0.3 is 15.5 Å². The lowest BCUT2D eigenvalue weighted by Crippen LogP contribution is -2.17. The lowest BCUT2D eigenvalue weighted by Gasteiger charge is -2.05. The number of hydrogen-bond acceptors (Lipinski definition) is 5. The number of thiophene rings is 1. The Kier molecular flexibility index (Phi) is 4.28. The van der Waals surface area contributed by atoms with Crippen LogP contribution in [0.4, 0.5) is 5.69 Å². The predicted octanol–water partition coefficient (Wildman–Crippen LogP) is 4.15. The van der Waals surface area contributed by atoms with Gasteiger partial charge >= 0.3 is 0 Å². The molecule has 0 unspecified atom stereocenters. The predicted molar refractivity (Wildman–Crippen MR) is 90.7 cm³/mol. The van der Waals surface area contributed by atoms with Crippen molar-refractivity contribution in [3.8, 4) is 0 Å². The highest BCUT2D eigenvalue weighted by Crippen LogP contribution is 2.38. The molecule has 0 aliphatic heterocycles. The zero-order valence-corrected chi connectivity index (χ0v) is 14.0. The summed E-state index contributed by atoms with van der Waals surface area (Å²) in [5, 5.41) is 3.41. The van der Waals surface area contributed by atoms with Crippen LogP contribution < -0.4 is 11.1 Å². The number of hydrogen-bond donors (Lipinski definition) is 2. The van der Waals surface area contributed by atoms with Crippen LogP contribution in [0.15, 0.2) is 39.5 Å². The van der Waals surface area contributed by atoms with Gasteiger partial charge in [-0.25, -0.2) is 0 Å². The van der Waals surface area contributed by atoms with Gasteiger partial charge in [-0.2, -0.15) is 0 Å². The van der Waals surface area contributed by atoms with Gasteiger partial charge in [0.1, 0.15) is 5.76 Å². The molecule has 110 valence electrons. The Hall–Kier alpha value is -1.37. The summed E-state index contributed by atoms with van der Waals surface area (Å²) in [6.45, 7) is 2.67. The summed E-state index contributed by atoms with van der Waals surface area (Å²) in [6, 6.07) is 5.97. The molecule has 3 aromatic rings. The van der Waals surface area contributed by atoms with Gasteiger partial charge in [0.05, 0.1) is 33.2 Å². The summed E-state index contributed by atoms with van der Waals surface area (Å²) < 4.78 is 7.55. The fourth-order valence-electron chi connectivity index (χ4n) is 2.17. The summed E-state index contributed by atoms with van der Waals surface area (Å²) >= 11 is 5.38. The molecule has 0 amide bonds. The summed E-state index contributed by atoms with van der Waals surface area (Å²) in [6.07, 6.45) is 4.35. The number of furan rings is 1. The molecule has 0 aliphatic carbocycles. The van der Waals surface area contributed by atoms with Crippen LogP contribution in [0.1, 0.15) is 17.6 Å². The molecule has 4 nitrogen and oxygen atoms in total. The Balaban J connectivity index is 1.91. The number of halogens is 1. The zero-order valence-electron chi connectivity index (χ0n) is 11.6. The Morgan fingerprint density at radius 3 is 3.05 bits per heavy atom. The average Bonchev–Trinajstić information content (AvgIpc) is 3.06. The molecule has 0 spiro atoms. The van der Waals surface area contributed by atoms with E-state index in [1.165, 1.54) is 4.88 Å². The third-order valence-electron chi connectivity index (χ3n) is 3.12. The van der Waals surface area contributed by atoms with Crippen molar-refractivity contribution in [3.63, 3.8) is 0 Å². The maximum absolute atomic E-state index is 5.91. The van der Waals surface area contributed by atoms with E-state index in [1.807, 2.05) is 31.3 Å². The quantitative estimate of drug-likeness (QED) is 0.712. The van der Waals surface area contributed by atoms with Crippen molar-refractivity contribution in [3.05, 3.63) is 45.8 Å². The summed E-state index contributed by atoms with van der Waals surface area (Å²) in [5.41, 5.74) is 7.97. The molecule has 0 aromatic carbocycles. The molecular weight excluding hydrogens is 350 g/mol. The second-order valence-electron chi connectivity index (χ2n) is 4.99. The molecule has 3 heterocycles. The van der Waals surface area contributed by atoms with Crippen LogP contribution in [-0.2, 0) is 13.0 Å². The van der Waals surface area contributed by atoms with E-state index in [2.05, 4.69) is 26.2 Å². The van der Waals surface area contributed by atoms with Gasteiger partial charge in [-0.05, 0) is 47.5 Å². The second kappa shape index (κ2) is 6.17. The molecule has 6 heteroatoms. The normalized spacial score (nSPS) is 12.7. The van der Waals surface area contributed by atoms with Crippen molar-refractivity contribution in [2.24, 2.45) is 5.73 Å². The highest BCUT2D eigenvalue weighted by Gasteiger charge is 2.15. The third kappa shape index (κ3) is 3.12. The number of nitrogens with zero attached hydrogens (tertiary/aromatic N) is 1. The molecule has 0 aliphatic rings. The molecule has 3 N–H and O–H groups in total. The lowest BCUT2D eigenvalue weighted by atomic mass is 10.2. The Bertz CT molecular complexity index is 737. The first kappa shape index (κ1) is 14.6. The van der Waals surface area contributed by atoms with Crippen LogP contribution in [-0.4, -0.2) is 11.0 Å². The van der Waals surface area contributed by atoms with Gasteiger partial charge in [-0.3, -0.25) is 4.98 Å². The molecule has 0 saturated carbocycles. The Morgan fingerprint density at radius 1 is 1.48 bits per heavy atom. The number of nitrogens with two attached hydrogens (primary N) is 1. The van der Waals surface area contributed by atoms with Crippen LogP contribution in [0, 0.1) is 0 Å². The van der Waals surface area contributed by atoms with Gasteiger partial charge in [0, 0.05) is 17.1 Å². The van der Waals surface area contributed by atoms with Crippen molar-refractivity contribution in [2.45, 2.75) is 25.9 Å². The van der Waals surface area contributed by atoms with E-state index in [-0.39, 0.29) is 6.04 Å². The highest BCUT2D eigenvalue weighted by molar-refractivity contribution is 9.10. The van der Waals surface area contributed by atoms with E-state index in [0.717, 1.165) is 32.6 Å². The summed E-state index contributed by atoms with van der Waals surface area (Å²) in [4.78, 5) is 5.71. The smallest absolute Gasteiger partial charge is 0.122 e. The number of fused-ring (bicyclic) bond motifs is 1. The lowest BCUT2D eigenvalue weighted by molar-refractivity contribution is 0.518. The monoisotopic (exact) mass is 365 g/mol. The molecule has 3 aromatic heterocycles. The number of anilines is 1. The Labute approximate surface area is 135 Å². The number of aromatic nitrogens is 1. The number of nitrogens with one attached hydrogen (secondary N) is 1. The third-order valence-corrected chi connectivity index (χ3v) is 5.47. The van der Waals surface area contributed by atoms with E-state index in [1.54, 1.807) is 17.6 Å². The zero-order chi connectivity index (χ0) is 14.8. The van der Waals surface area contributed by atoms with E-state index < -0.39 is 0 Å². The van der Waals surface area contributed by atoms with Crippen LogP contribution in [0.2, 0.25) is 0 Å².